The number of Topliss-reactive ketones (excluding diaryl/α,β-unsaturated/α-hetero) is 1. The molecule has 4 nitrogen and oxygen atoms in total. The SMILES string of the molecule is C[C@H]1CN(CC(=O)[C@H]2CCC3[C@@H]4CC[C@@H]5C[C@](C)(O)CC[C@@H]5C4CC[C@@]32C)CCO1. The lowest BCUT2D eigenvalue weighted by molar-refractivity contribution is -0.134. The molecule has 4 aliphatic carbocycles. The van der Waals surface area contributed by atoms with Gasteiger partial charge in [0.1, 0.15) is 5.78 Å². The summed E-state index contributed by atoms with van der Waals surface area (Å²) in [4.78, 5) is 15.8. The van der Waals surface area contributed by atoms with Crippen LogP contribution in [0.4, 0.5) is 0 Å². The van der Waals surface area contributed by atoms with Gasteiger partial charge in [0, 0.05) is 19.0 Å². The number of nitrogens with zero attached hydrogens (tertiary/aromatic N) is 1. The van der Waals surface area contributed by atoms with Gasteiger partial charge >= 0.3 is 0 Å². The molecule has 4 heteroatoms. The minimum absolute atomic E-state index is 0.225. The summed E-state index contributed by atoms with van der Waals surface area (Å²) >= 11 is 0. The van der Waals surface area contributed by atoms with Crippen molar-refractivity contribution >= 4 is 5.78 Å². The molecule has 1 aliphatic heterocycles. The second kappa shape index (κ2) is 7.85. The summed E-state index contributed by atoms with van der Waals surface area (Å²) < 4.78 is 5.67. The molecule has 0 bridgehead atoms. The highest BCUT2D eigenvalue weighted by molar-refractivity contribution is 5.84. The summed E-state index contributed by atoms with van der Waals surface area (Å²) in [5.74, 6) is 4.78. The maximum Gasteiger partial charge on any atom is 0.150 e. The third-order valence-electron chi connectivity index (χ3n) is 10.3. The second-order valence-corrected chi connectivity index (χ2v) is 12.2. The fourth-order valence-corrected chi connectivity index (χ4v) is 8.98. The van der Waals surface area contributed by atoms with Crippen molar-refractivity contribution in [3.63, 3.8) is 0 Å². The van der Waals surface area contributed by atoms with Gasteiger partial charge in [-0.15, -0.1) is 0 Å². The van der Waals surface area contributed by atoms with E-state index in [2.05, 4.69) is 25.7 Å². The van der Waals surface area contributed by atoms with Gasteiger partial charge in [0.2, 0.25) is 0 Å². The highest BCUT2D eigenvalue weighted by Crippen LogP contribution is 2.64. The van der Waals surface area contributed by atoms with Gasteiger partial charge in [-0.05, 0) is 107 Å². The summed E-state index contributed by atoms with van der Waals surface area (Å²) in [6.07, 6.45) is 11.1. The highest BCUT2D eigenvalue weighted by atomic mass is 16.5. The molecular formula is C26H43NO3. The predicted octanol–water partition coefficient (Wildman–Crippen LogP) is 4.30. The molecule has 4 saturated carbocycles. The summed E-state index contributed by atoms with van der Waals surface area (Å²) in [5.41, 5.74) is -0.206. The monoisotopic (exact) mass is 417 g/mol. The van der Waals surface area contributed by atoms with Crippen LogP contribution >= 0.6 is 0 Å². The van der Waals surface area contributed by atoms with Crippen LogP contribution in [0.5, 0.6) is 0 Å². The third kappa shape index (κ3) is 3.69. The number of hydrogen-bond acceptors (Lipinski definition) is 4. The van der Waals surface area contributed by atoms with Crippen LogP contribution in [0.25, 0.3) is 0 Å². The molecule has 0 spiro atoms. The number of hydrogen-bond donors (Lipinski definition) is 1. The first-order valence-corrected chi connectivity index (χ1v) is 12.9. The smallest absolute Gasteiger partial charge is 0.150 e. The van der Waals surface area contributed by atoms with Crippen LogP contribution in [-0.4, -0.2) is 53.7 Å². The van der Waals surface area contributed by atoms with Gasteiger partial charge in [0.25, 0.3) is 0 Å². The number of carbonyl (C=O) groups is 1. The molecule has 0 amide bonds. The van der Waals surface area contributed by atoms with Crippen LogP contribution < -0.4 is 0 Å². The molecule has 5 fully saturated rings. The van der Waals surface area contributed by atoms with Gasteiger partial charge in [-0.25, -0.2) is 0 Å². The maximum absolute atomic E-state index is 13.4. The van der Waals surface area contributed by atoms with Gasteiger partial charge in [0.15, 0.2) is 0 Å². The fraction of sp³-hybridized carbons (Fsp3) is 0.962. The van der Waals surface area contributed by atoms with Crippen LogP contribution in [0.3, 0.4) is 0 Å². The lowest BCUT2D eigenvalue weighted by Crippen LogP contribution is -2.52. The molecule has 0 radical (unpaired) electrons. The zero-order valence-corrected chi connectivity index (χ0v) is 19.4. The number of morpholine rings is 1. The van der Waals surface area contributed by atoms with Crippen molar-refractivity contribution < 1.29 is 14.6 Å². The zero-order chi connectivity index (χ0) is 21.1. The first-order chi connectivity index (χ1) is 14.3. The van der Waals surface area contributed by atoms with Gasteiger partial charge in [-0.3, -0.25) is 9.69 Å². The Morgan fingerprint density at radius 3 is 2.63 bits per heavy atom. The zero-order valence-electron chi connectivity index (χ0n) is 19.4. The Morgan fingerprint density at radius 1 is 1.03 bits per heavy atom. The Bertz CT molecular complexity index is 663. The molecule has 2 unspecified atom stereocenters. The first kappa shape index (κ1) is 21.4. The van der Waals surface area contributed by atoms with Crippen molar-refractivity contribution in [1.29, 1.82) is 0 Å². The van der Waals surface area contributed by atoms with Crippen LogP contribution in [-0.2, 0) is 9.53 Å². The van der Waals surface area contributed by atoms with Crippen LogP contribution in [0, 0.1) is 40.9 Å². The number of ether oxygens (including phenoxy) is 1. The lowest BCUT2D eigenvalue weighted by Gasteiger charge is -2.57. The van der Waals surface area contributed by atoms with E-state index in [9.17, 15) is 9.90 Å². The predicted molar refractivity (Wildman–Crippen MR) is 118 cm³/mol. The second-order valence-electron chi connectivity index (χ2n) is 12.2. The molecule has 1 heterocycles. The Kier molecular flexibility index (Phi) is 5.60. The molecule has 5 aliphatic rings. The van der Waals surface area contributed by atoms with Crippen LogP contribution in [0.15, 0.2) is 0 Å². The van der Waals surface area contributed by atoms with Gasteiger partial charge in [-0.1, -0.05) is 6.92 Å². The van der Waals surface area contributed by atoms with Crippen molar-refractivity contribution in [2.24, 2.45) is 40.9 Å². The lowest BCUT2D eigenvalue weighted by atomic mass is 9.49. The highest BCUT2D eigenvalue weighted by Gasteiger charge is 2.58. The molecule has 0 aromatic rings. The molecule has 5 rings (SSSR count). The summed E-state index contributed by atoms with van der Waals surface area (Å²) in [7, 11) is 0. The van der Waals surface area contributed by atoms with Gasteiger partial charge in [-0.2, -0.15) is 0 Å². The molecule has 170 valence electrons. The van der Waals surface area contributed by atoms with E-state index >= 15 is 0 Å². The van der Waals surface area contributed by atoms with Gasteiger partial charge < -0.3 is 9.84 Å². The Balaban J connectivity index is 1.27. The molecule has 0 aromatic heterocycles. The van der Waals surface area contributed by atoms with E-state index in [0.717, 1.165) is 68.5 Å². The minimum Gasteiger partial charge on any atom is -0.390 e. The Labute approximate surface area is 183 Å². The van der Waals surface area contributed by atoms with E-state index in [-0.39, 0.29) is 17.4 Å². The van der Waals surface area contributed by atoms with E-state index in [4.69, 9.17) is 4.74 Å². The maximum atomic E-state index is 13.4. The van der Waals surface area contributed by atoms with E-state index in [0.29, 0.717) is 12.3 Å². The van der Waals surface area contributed by atoms with Crippen molar-refractivity contribution in [3.05, 3.63) is 0 Å². The topological polar surface area (TPSA) is 49.8 Å². The third-order valence-corrected chi connectivity index (χ3v) is 10.3. The summed E-state index contributed by atoms with van der Waals surface area (Å²) in [5, 5.41) is 10.6. The average Bonchev–Trinajstić information content (AvgIpc) is 3.04. The molecular weight excluding hydrogens is 374 g/mol. The Hall–Kier alpha value is -0.450. The Morgan fingerprint density at radius 2 is 1.83 bits per heavy atom. The number of carbonyl (C=O) groups excluding carboxylic acids is 1. The standard InChI is InChI=1S/C26H43NO3/c1-17-15-27(12-13-30-17)16-24(28)23-7-6-22-21-5-4-18-14-25(2,29)10-8-19(18)20(21)9-11-26(22,23)3/h17-23,29H,4-16H2,1-3H3/t17-,18+,19-,20?,21+,22?,23+,25+,26-/m0/s1. The van der Waals surface area contributed by atoms with Crippen molar-refractivity contribution in [2.75, 3.05) is 26.2 Å². The minimum atomic E-state index is -0.432. The number of aliphatic hydroxyl groups is 1. The summed E-state index contributed by atoms with van der Waals surface area (Å²) in [6.45, 7) is 9.84. The molecule has 1 saturated heterocycles. The number of fused-ring (bicyclic) bond motifs is 5. The number of ketones is 1. The molecule has 30 heavy (non-hydrogen) atoms. The van der Waals surface area contributed by atoms with E-state index in [1.54, 1.807) is 0 Å². The largest absolute Gasteiger partial charge is 0.390 e. The molecule has 0 aromatic carbocycles. The normalized spacial score (nSPS) is 51.7. The first-order valence-electron chi connectivity index (χ1n) is 12.9. The average molecular weight is 418 g/mol. The molecule has 1 N–H and O–H groups in total. The fourth-order valence-electron chi connectivity index (χ4n) is 8.98. The number of rotatable bonds is 3. The quantitative estimate of drug-likeness (QED) is 0.744. The van der Waals surface area contributed by atoms with Crippen LogP contribution in [0.1, 0.15) is 78.6 Å². The van der Waals surface area contributed by atoms with E-state index in [1.165, 1.54) is 38.5 Å². The van der Waals surface area contributed by atoms with Crippen molar-refractivity contribution in [2.45, 2.75) is 90.3 Å². The van der Waals surface area contributed by atoms with E-state index < -0.39 is 5.60 Å². The van der Waals surface area contributed by atoms with E-state index in [1.807, 2.05) is 0 Å². The van der Waals surface area contributed by atoms with Crippen molar-refractivity contribution in [1.82, 2.24) is 4.90 Å². The van der Waals surface area contributed by atoms with Crippen LogP contribution in [0.2, 0.25) is 0 Å². The summed E-state index contributed by atoms with van der Waals surface area (Å²) in [6, 6.07) is 0. The molecule has 9 atom stereocenters. The van der Waals surface area contributed by atoms with Crippen molar-refractivity contribution in [3.8, 4) is 0 Å². The van der Waals surface area contributed by atoms with Gasteiger partial charge in [0.05, 0.1) is 24.9 Å².